The van der Waals surface area contributed by atoms with Crippen molar-refractivity contribution in [1.29, 1.82) is 0 Å². The molecular weight excluding hydrogens is 213 g/mol. The maximum absolute atomic E-state index is 13.3. The van der Waals surface area contributed by atoms with Crippen LogP contribution < -0.4 is 5.73 Å². The van der Waals surface area contributed by atoms with Gasteiger partial charge in [-0.3, -0.25) is 0 Å². The molecule has 1 aliphatic carbocycles. The molecule has 0 radical (unpaired) electrons. The van der Waals surface area contributed by atoms with E-state index >= 15 is 0 Å². The molecular formula is C15H22FN. The third-order valence-corrected chi connectivity index (χ3v) is 4.04. The van der Waals surface area contributed by atoms with E-state index in [0.717, 1.165) is 18.4 Å². The van der Waals surface area contributed by atoms with Gasteiger partial charge in [-0.25, -0.2) is 4.39 Å². The average molecular weight is 235 g/mol. The van der Waals surface area contributed by atoms with E-state index in [0.29, 0.717) is 13.0 Å². The van der Waals surface area contributed by atoms with Gasteiger partial charge in [-0.15, -0.1) is 0 Å². The monoisotopic (exact) mass is 235 g/mol. The van der Waals surface area contributed by atoms with Gasteiger partial charge in [-0.05, 0) is 30.9 Å². The van der Waals surface area contributed by atoms with Gasteiger partial charge < -0.3 is 5.73 Å². The van der Waals surface area contributed by atoms with E-state index in [4.69, 9.17) is 5.73 Å². The third kappa shape index (κ3) is 2.52. The van der Waals surface area contributed by atoms with Crippen LogP contribution in [0.2, 0.25) is 0 Å². The van der Waals surface area contributed by atoms with E-state index in [2.05, 4.69) is 18.2 Å². The van der Waals surface area contributed by atoms with Crippen molar-refractivity contribution in [2.75, 3.05) is 6.54 Å². The Bertz CT molecular complexity index is 367. The summed E-state index contributed by atoms with van der Waals surface area (Å²) < 4.78 is 13.3. The second kappa shape index (κ2) is 5.18. The Morgan fingerprint density at radius 2 is 1.94 bits per heavy atom. The Morgan fingerprint density at radius 1 is 1.29 bits per heavy atom. The largest absolute Gasteiger partial charge is 0.330 e. The van der Waals surface area contributed by atoms with Crippen molar-refractivity contribution < 1.29 is 4.39 Å². The van der Waals surface area contributed by atoms with Gasteiger partial charge in [-0.2, -0.15) is 0 Å². The van der Waals surface area contributed by atoms with E-state index in [9.17, 15) is 4.39 Å². The molecule has 1 saturated carbocycles. The Labute approximate surface area is 103 Å². The van der Waals surface area contributed by atoms with Crippen molar-refractivity contribution in [3.8, 4) is 0 Å². The first kappa shape index (κ1) is 12.6. The summed E-state index contributed by atoms with van der Waals surface area (Å²) in [6.45, 7) is 2.31. The van der Waals surface area contributed by atoms with Crippen LogP contribution in [0.5, 0.6) is 0 Å². The van der Waals surface area contributed by atoms with Crippen LogP contribution in [-0.2, 0) is 11.8 Å². The first-order valence-electron chi connectivity index (χ1n) is 6.60. The summed E-state index contributed by atoms with van der Waals surface area (Å²) >= 11 is 0. The lowest BCUT2D eigenvalue weighted by atomic mass is 9.76. The fraction of sp³-hybridized carbons (Fsp3) is 0.600. The number of rotatable bonds is 4. The zero-order chi connectivity index (χ0) is 12.3. The SMILES string of the molecule is CC(F)Cc1ccccc1C1(CN)CCCC1. The smallest absolute Gasteiger partial charge is 0.101 e. The molecule has 1 aliphatic rings. The van der Waals surface area contributed by atoms with Gasteiger partial charge in [0.25, 0.3) is 0 Å². The van der Waals surface area contributed by atoms with Gasteiger partial charge in [0.2, 0.25) is 0 Å². The molecule has 94 valence electrons. The first-order chi connectivity index (χ1) is 8.18. The molecule has 1 atom stereocenters. The lowest BCUT2D eigenvalue weighted by molar-refractivity contribution is 0.355. The van der Waals surface area contributed by atoms with Crippen LogP contribution in [0, 0.1) is 0 Å². The number of nitrogens with two attached hydrogens (primary N) is 1. The molecule has 0 aromatic heterocycles. The number of benzene rings is 1. The zero-order valence-corrected chi connectivity index (χ0v) is 10.6. The summed E-state index contributed by atoms with van der Waals surface area (Å²) in [6.07, 6.45) is 4.53. The maximum atomic E-state index is 13.3. The number of hydrogen-bond donors (Lipinski definition) is 1. The third-order valence-electron chi connectivity index (χ3n) is 4.04. The molecule has 0 saturated heterocycles. The molecule has 1 aromatic carbocycles. The van der Waals surface area contributed by atoms with Gasteiger partial charge in [0, 0.05) is 18.4 Å². The van der Waals surface area contributed by atoms with Crippen molar-refractivity contribution in [2.45, 2.75) is 50.6 Å². The van der Waals surface area contributed by atoms with Crippen LogP contribution in [-0.4, -0.2) is 12.7 Å². The van der Waals surface area contributed by atoms with E-state index in [1.807, 2.05) is 6.07 Å². The van der Waals surface area contributed by atoms with Gasteiger partial charge >= 0.3 is 0 Å². The van der Waals surface area contributed by atoms with Crippen molar-refractivity contribution in [3.63, 3.8) is 0 Å². The molecule has 0 spiro atoms. The first-order valence-corrected chi connectivity index (χ1v) is 6.60. The van der Waals surface area contributed by atoms with Gasteiger partial charge in [0.15, 0.2) is 0 Å². The standard InChI is InChI=1S/C15H22FN/c1-12(16)10-13-6-2-3-7-14(13)15(11-17)8-4-5-9-15/h2-3,6-7,12H,4-5,8-11,17H2,1H3. The summed E-state index contributed by atoms with van der Waals surface area (Å²) in [5.41, 5.74) is 8.57. The van der Waals surface area contributed by atoms with Crippen LogP contribution in [0.4, 0.5) is 4.39 Å². The van der Waals surface area contributed by atoms with Crippen LogP contribution in [0.3, 0.4) is 0 Å². The molecule has 0 bridgehead atoms. The predicted molar refractivity (Wildman–Crippen MR) is 69.9 cm³/mol. The van der Waals surface area contributed by atoms with Gasteiger partial charge in [-0.1, -0.05) is 37.1 Å². The Morgan fingerprint density at radius 3 is 2.53 bits per heavy atom. The zero-order valence-electron chi connectivity index (χ0n) is 10.6. The highest BCUT2D eigenvalue weighted by Gasteiger charge is 2.35. The molecule has 2 heteroatoms. The van der Waals surface area contributed by atoms with Crippen LogP contribution in [0.25, 0.3) is 0 Å². The minimum absolute atomic E-state index is 0.117. The fourth-order valence-corrected chi connectivity index (χ4v) is 3.15. The van der Waals surface area contributed by atoms with Gasteiger partial charge in [0.05, 0.1) is 0 Å². The summed E-state index contributed by atoms with van der Waals surface area (Å²) in [4.78, 5) is 0. The minimum Gasteiger partial charge on any atom is -0.330 e. The molecule has 0 aliphatic heterocycles. The van der Waals surface area contributed by atoms with E-state index < -0.39 is 6.17 Å². The summed E-state index contributed by atoms with van der Waals surface area (Å²) in [5.74, 6) is 0. The molecule has 17 heavy (non-hydrogen) atoms. The lowest BCUT2D eigenvalue weighted by Crippen LogP contribution is -2.33. The average Bonchev–Trinajstić information content (AvgIpc) is 2.79. The Hall–Kier alpha value is -0.890. The molecule has 1 nitrogen and oxygen atoms in total. The van der Waals surface area contributed by atoms with Crippen LogP contribution in [0.1, 0.15) is 43.7 Å². The van der Waals surface area contributed by atoms with Crippen molar-refractivity contribution in [3.05, 3.63) is 35.4 Å². The van der Waals surface area contributed by atoms with Crippen molar-refractivity contribution in [1.82, 2.24) is 0 Å². The van der Waals surface area contributed by atoms with Crippen LogP contribution >= 0.6 is 0 Å². The van der Waals surface area contributed by atoms with Gasteiger partial charge in [0.1, 0.15) is 6.17 Å². The number of halogens is 1. The topological polar surface area (TPSA) is 26.0 Å². The Balaban J connectivity index is 2.36. The highest BCUT2D eigenvalue weighted by molar-refractivity contribution is 5.36. The fourth-order valence-electron chi connectivity index (χ4n) is 3.15. The molecule has 1 unspecified atom stereocenters. The minimum atomic E-state index is -0.785. The number of alkyl halides is 1. The quantitative estimate of drug-likeness (QED) is 0.851. The van der Waals surface area contributed by atoms with E-state index in [1.165, 1.54) is 18.4 Å². The molecule has 0 heterocycles. The van der Waals surface area contributed by atoms with Crippen molar-refractivity contribution in [2.24, 2.45) is 5.73 Å². The van der Waals surface area contributed by atoms with Crippen molar-refractivity contribution >= 4 is 0 Å². The van der Waals surface area contributed by atoms with E-state index in [1.54, 1.807) is 6.92 Å². The molecule has 2 rings (SSSR count). The maximum Gasteiger partial charge on any atom is 0.101 e. The summed E-state index contributed by atoms with van der Waals surface area (Å²) in [6, 6.07) is 8.26. The summed E-state index contributed by atoms with van der Waals surface area (Å²) in [5, 5.41) is 0. The molecule has 1 aromatic rings. The summed E-state index contributed by atoms with van der Waals surface area (Å²) in [7, 11) is 0. The Kier molecular flexibility index (Phi) is 3.82. The molecule has 0 amide bonds. The second-order valence-electron chi connectivity index (χ2n) is 5.33. The number of hydrogen-bond acceptors (Lipinski definition) is 1. The lowest BCUT2D eigenvalue weighted by Gasteiger charge is -2.30. The second-order valence-corrected chi connectivity index (χ2v) is 5.33. The highest BCUT2D eigenvalue weighted by atomic mass is 19.1. The molecule has 2 N–H and O–H groups in total. The molecule has 1 fully saturated rings. The normalized spacial score (nSPS) is 20.4. The highest BCUT2D eigenvalue weighted by Crippen LogP contribution is 2.41. The predicted octanol–water partition coefficient (Wildman–Crippen LogP) is 3.36. The van der Waals surface area contributed by atoms with E-state index in [-0.39, 0.29) is 5.41 Å². The van der Waals surface area contributed by atoms with Crippen LogP contribution in [0.15, 0.2) is 24.3 Å².